The number of cyclic esters (lactones) is 1. The van der Waals surface area contributed by atoms with E-state index >= 15 is 0 Å². The van der Waals surface area contributed by atoms with E-state index in [4.69, 9.17) is 0 Å². The SMILES string of the molecule is CCC1C(=O)C(=O)OC1C. The Morgan fingerprint density at radius 3 is 2.30 bits per heavy atom. The summed E-state index contributed by atoms with van der Waals surface area (Å²) in [5.41, 5.74) is 0. The van der Waals surface area contributed by atoms with E-state index in [2.05, 4.69) is 4.74 Å². The highest BCUT2D eigenvalue weighted by Gasteiger charge is 2.39. The van der Waals surface area contributed by atoms with Gasteiger partial charge in [0, 0.05) is 0 Å². The van der Waals surface area contributed by atoms with Gasteiger partial charge < -0.3 is 4.74 Å². The van der Waals surface area contributed by atoms with Crippen LogP contribution in [0.25, 0.3) is 0 Å². The van der Waals surface area contributed by atoms with Crippen LogP contribution in [0.1, 0.15) is 20.3 Å². The standard InChI is InChI=1S/C7H10O3/c1-3-5-4(2)10-7(9)6(5)8/h4-5H,3H2,1-2H3. The minimum atomic E-state index is -0.667. The lowest BCUT2D eigenvalue weighted by molar-refractivity contribution is -0.148. The molecule has 56 valence electrons. The zero-order chi connectivity index (χ0) is 7.72. The lowest BCUT2D eigenvalue weighted by atomic mass is 9.99. The van der Waals surface area contributed by atoms with Gasteiger partial charge in [-0.15, -0.1) is 0 Å². The average Bonchev–Trinajstić information content (AvgIpc) is 2.09. The number of carbonyl (C=O) groups is 2. The van der Waals surface area contributed by atoms with Crippen molar-refractivity contribution in [2.24, 2.45) is 5.92 Å². The zero-order valence-corrected chi connectivity index (χ0v) is 6.09. The smallest absolute Gasteiger partial charge is 0.375 e. The van der Waals surface area contributed by atoms with Crippen molar-refractivity contribution in [3.8, 4) is 0 Å². The molecule has 1 saturated heterocycles. The first-order valence-corrected chi connectivity index (χ1v) is 3.41. The Labute approximate surface area is 59.4 Å². The van der Waals surface area contributed by atoms with Crippen molar-refractivity contribution in [3.05, 3.63) is 0 Å². The van der Waals surface area contributed by atoms with Crippen LogP contribution in [0, 0.1) is 5.92 Å². The number of esters is 1. The predicted molar refractivity (Wildman–Crippen MR) is 34.3 cm³/mol. The predicted octanol–water partition coefficient (Wildman–Crippen LogP) is 0.527. The molecular formula is C7H10O3. The van der Waals surface area contributed by atoms with Gasteiger partial charge in [-0.25, -0.2) is 4.79 Å². The molecule has 1 aliphatic rings. The molecule has 0 amide bonds. The van der Waals surface area contributed by atoms with E-state index in [0.717, 1.165) is 0 Å². The van der Waals surface area contributed by atoms with Crippen molar-refractivity contribution in [2.45, 2.75) is 26.4 Å². The fourth-order valence-electron chi connectivity index (χ4n) is 1.19. The minimum Gasteiger partial charge on any atom is -0.456 e. The largest absolute Gasteiger partial charge is 0.456 e. The Kier molecular flexibility index (Phi) is 1.74. The van der Waals surface area contributed by atoms with Gasteiger partial charge in [-0.2, -0.15) is 0 Å². The molecule has 0 aliphatic carbocycles. The average molecular weight is 142 g/mol. The number of Topliss-reactive ketones (excluding diaryl/α,β-unsaturated/α-hetero) is 1. The first-order valence-electron chi connectivity index (χ1n) is 3.41. The summed E-state index contributed by atoms with van der Waals surface area (Å²) in [5.74, 6) is -1.23. The summed E-state index contributed by atoms with van der Waals surface area (Å²) in [4.78, 5) is 21.5. The van der Waals surface area contributed by atoms with Crippen molar-refractivity contribution in [2.75, 3.05) is 0 Å². The number of ketones is 1. The number of hydrogen-bond acceptors (Lipinski definition) is 3. The summed E-state index contributed by atoms with van der Waals surface area (Å²) in [5, 5.41) is 0. The molecule has 0 N–H and O–H groups in total. The highest BCUT2D eigenvalue weighted by molar-refractivity contribution is 6.36. The van der Waals surface area contributed by atoms with Crippen molar-refractivity contribution >= 4 is 11.8 Å². The fourth-order valence-corrected chi connectivity index (χ4v) is 1.19. The Bertz CT molecular complexity index is 174. The third kappa shape index (κ3) is 0.916. The Balaban J connectivity index is 2.74. The van der Waals surface area contributed by atoms with Gasteiger partial charge in [0.2, 0.25) is 5.78 Å². The molecule has 0 saturated carbocycles. The second kappa shape index (κ2) is 2.40. The first kappa shape index (κ1) is 7.25. The van der Waals surface area contributed by atoms with Crippen LogP contribution in [-0.2, 0) is 14.3 Å². The molecule has 1 heterocycles. The normalized spacial score (nSPS) is 32.6. The van der Waals surface area contributed by atoms with E-state index in [1.807, 2.05) is 6.92 Å². The summed E-state index contributed by atoms with van der Waals surface area (Å²) in [6, 6.07) is 0. The molecule has 0 aromatic heterocycles. The number of hydrogen-bond donors (Lipinski definition) is 0. The maximum Gasteiger partial charge on any atom is 0.375 e. The van der Waals surface area contributed by atoms with Gasteiger partial charge in [0.1, 0.15) is 6.10 Å². The molecule has 3 nitrogen and oxygen atoms in total. The van der Waals surface area contributed by atoms with Crippen LogP contribution in [0.3, 0.4) is 0 Å². The fraction of sp³-hybridized carbons (Fsp3) is 0.714. The van der Waals surface area contributed by atoms with Crippen LogP contribution >= 0.6 is 0 Å². The molecule has 10 heavy (non-hydrogen) atoms. The van der Waals surface area contributed by atoms with Gasteiger partial charge in [-0.05, 0) is 13.3 Å². The van der Waals surface area contributed by atoms with Gasteiger partial charge in [0.15, 0.2) is 0 Å². The van der Waals surface area contributed by atoms with Crippen LogP contribution < -0.4 is 0 Å². The summed E-state index contributed by atoms with van der Waals surface area (Å²) < 4.78 is 4.69. The lowest BCUT2D eigenvalue weighted by Crippen LogP contribution is -2.17. The molecule has 0 aromatic carbocycles. The molecule has 1 rings (SSSR count). The Morgan fingerprint density at radius 2 is 2.10 bits per heavy atom. The molecule has 0 radical (unpaired) electrons. The molecule has 2 unspecified atom stereocenters. The van der Waals surface area contributed by atoms with Gasteiger partial charge in [0.25, 0.3) is 0 Å². The minimum absolute atomic E-state index is 0.201. The summed E-state index contributed by atoms with van der Waals surface area (Å²) in [7, 11) is 0. The molecule has 3 heteroatoms. The Morgan fingerprint density at radius 1 is 1.50 bits per heavy atom. The number of rotatable bonds is 1. The molecular weight excluding hydrogens is 132 g/mol. The van der Waals surface area contributed by atoms with Crippen molar-refractivity contribution in [1.82, 2.24) is 0 Å². The highest BCUT2D eigenvalue weighted by atomic mass is 16.6. The number of ether oxygens (including phenoxy) is 1. The maximum absolute atomic E-state index is 10.9. The second-order valence-electron chi connectivity index (χ2n) is 2.49. The first-order chi connectivity index (χ1) is 4.66. The van der Waals surface area contributed by atoms with Crippen LogP contribution in [0.5, 0.6) is 0 Å². The van der Waals surface area contributed by atoms with E-state index in [1.54, 1.807) is 6.92 Å². The molecule has 0 spiro atoms. The lowest BCUT2D eigenvalue weighted by Gasteiger charge is -2.06. The summed E-state index contributed by atoms with van der Waals surface area (Å²) >= 11 is 0. The molecule has 1 fully saturated rings. The monoisotopic (exact) mass is 142 g/mol. The van der Waals surface area contributed by atoms with Crippen LogP contribution in [0.2, 0.25) is 0 Å². The van der Waals surface area contributed by atoms with Crippen molar-refractivity contribution in [1.29, 1.82) is 0 Å². The zero-order valence-electron chi connectivity index (χ0n) is 6.09. The van der Waals surface area contributed by atoms with Gasteiger partial charge >= 0.3 is 5.97 Å². The summed E-state index contributed by atoms with van der Waals surface area (Å²) in [6.07, 6.45) is 0.469. The third-order valence-electron chi connectivity index (χ3n) is 1.84. The molecule has 0 aromatic rings. The number of carbonyl (C=O) groups excluding carboxylic acids is 2. The van der Waals surface area contributed by atoms with E-state index in [0.29, 0.717) is 6.42 Å². The summed E-state index contributed by atoms with van der Waals surface area (Å²) in [6.45, 7) is 3.62. The highest BCUT2D eigenvalue weighted by Crippen LogP contribution is 2.20. The third-order valence-corrected chi connectivity index (χ3v) is 1.84. The van der Waals surface area contributed by atoms with Crippen molar-refractivity contribution < 1.29 is 14.3 Å². The quantitative estimate of drug-likeness (QED) is 0.396. The van der Waals surface area contributed by atoms with Gasteiger partial charge in [-0.3, -0.25) is 4.79 Å². The van der Waals surface area contributed by atoms with E-state index in [9.17, 15) is 9.59 Å². The van der Waals surface area contributed by atoms with Gasteiger partial charge in [0.05, 0.1) is 5.92 Å². The molecule has 2 atom stereocenters. The van der Waals surface area contributed by atoms with E-state index in [-0.39, 0.29) is 17.8 Å². The second-order valence-corrected chi connectivity index (χ2v) is 2.49. The molecule has 0 bridgehead atoms. The Hall–Kier alpha value is -0.860. The topological polar surface area (TPSA) is 43.4 Å². The van der Waals surface area contributed by atoms with E-state index < -0.39 is 5.97 Å². The van der Waals surface area contributed by atoms with Crippen LogP contribution in [-0.4, -0.2) is 17.9 Å². The van der Waals surface area contributed by atoms with E-state index in [1.165, 1.54) is 0 Å². The van der Waals surface area contributed by atoms with Gasteiger partial charge in [-0.1, -0.05) is 6.92 Å². The van der Waals surface area contributed by atoms with Crippen molar-refractivity contribution in [3.63, 3.8) is 0 Å². The maximum atomic E-state index is 10.9. The van der Waals surface area contributed by atoms with Crippen LogP contribution in [0.4, 0.5) is 0 Å². The molecule has 1 aliphatic heterocycles. The van der Waals surface area contributed by atoms with Crippen LogP contribution in [0.15, 0.2) is 0 Å².